The lowest BCUT2D eigenvalue weighted by molar-refractivity contribution is 0.0696. The third-order valence-electron chi connectivity index (χ3n) is 2.95. The molecular weight excluding hydrogens is 282 g/mol. The van der Waals surface area contributed by atoms with Crippen molar-refractivity contribution in [3.8, 4) is 11.6 Å². The molecule has 0 bridgehead atoms. The summed E-state index contributed by atoms with van der Waals surface area (Å²) in [6.07, 6.45) is 2.78. The number of nitrogens with zero attached hydrogens (tertiary/aromatic N) is 3. The summed E-state index contributed by atoms with van der Waals surface area (Å²) in [5, 5.41) is 12.9. The van der Waals surface area contributed by atoms with Crippen LogP contribution in [-0.2, 0) is 6.54 Å². The van der Waals surface area contributed by atoms with E-state index in [0.29, 0.717) is 18.2 Å². The van der Waals surface area contributed by atoms with Crippen LogP contribution in [0.25, 0.3) is 0 Å². The Morgan fingerprint density at radius 1 is 1.14 bits per heavy atom. The number of rotatable bonds is 5. The number of ether oxygens (including phenoxy) is 1. The highest BCUT2D eigenvalue weighted by Gasteiger charge is 2.07. The van der Waals surface area contributed by atoms with Crippen LogP contribution in [0.15, 0.2) is 60.9 Å². The standard InChI is InChI=1S/C16H13N3O3/c20-16(21)12-9-17-19(10-12)11-13-5-4-8-15(18-13)22-14-6-2-1-3-7-14/h1-10H,11H2,(H,20,21). The van der Waals surface area contributed by atoms with Gasteiger partial charge in [0, 0.05) is 12.3 Å². The Bertz CT molecular complexity index is 784. The van der Waals surface area contributed by atoms with Gasteiger partial charge < -0.3 is 9.84 Å². The molecule has 1 aromatic carbocycles. The summed E-state index contributed by atoms with van der Waals surface area (Å²) in [7, 11) is 0. The summed E-state index contributed by atoms with van der Waals surface area (Å²) < 4.78 is 7.19. The first-order valence-corrected chi connectivity index (χ1v) is 6.65. The normalized spacial score (nSPS) is 10.4. The molecule has 0 amide bonds. The predicted octanol–water partition coefficient (Wildman–Crippen LogP) is 2.82. The Morgan fingerprint density at radius 3 is 2.68 bits per heavy atom. The summed E-state index contributed by atoms with van der Waals surface area (Å²) in [4.78, 5) is 15.2. The van der Waals surface area contributed by atoms with E-state index in [2.05, 4.69) is 10.1 Å². The number of aromatic carboxylic acids is 1. The largest absolute Gasteiger partial charge is 0.478 e. The smallest absolute Gasteiger partial charge is 0.338 e. The van der Waals surface area contributed by atoms with Gasteiger partial charge in [-0.05, 0) is 18.2 Å². The second-order valence-electron chi connectivity index (χ2n) is 4.61. The summed E-state index contributed by atoms with van der Waals surface area (Å²) in [5.74, 6) is 0.189. The molecule has 0 radical (unpaired) electrons. The number of hydrogen-bond acceptors (Lipinski definition) is 4. The molecule has 3 aromatic rings. The molecule has 0 unspecified atom stereocenters. The van der Waals surface area contributed by atoms with E-state index in [1.165, 1.54) is 17.1 Å². The molecule has 0 aliphatic heterocycles. The van der Waals surface area contributed by atoms with Crippen LogP contribution in [0.5, 0.6) is 11.6 Å². The van der Waals surface area contributed by atoms with Crippen LogP contribution >= 0.6 is 0 Å². The van der Waals surface area contributed by atoms with E-state index < -0.39 is 5.97 Å². The first-order valence-electron chi connectivity index (χ1n) is 6.65. The number of hydrogen-bond donors (Lipinski definition) is 1. The van der Waals surface area contributed by atoms with Crippen LogP contribution in [0, 0.1) is 0 Å². The maximum absolute atomic E-state index is 10.8. The number of carboxylic acids is 1. The molecule has 0 spiro atoms. The molecule has 22 heavy (non-hydrogen) atoms. The fraction of sp³-hybridized carbons (Fsp3) is 0.0625. The molecule has 0 aliphatic carbocycles. The summed E-state index contributed by atoms with van der Waals surface area (Å²) in [6, 6.07) is 14.8. The summed E-state index contributed by atoms with van der Waals surface area (Å²) in [6.45, 7) is 0.374. The van der Waals surface area contributed by atoms with E-state index in [9.17, 15) is 4.79 Å². The highest BCUT2D eigenvalue weighted by molar-refractivity contribution is 5.86. The highest BCUT2D eigenvalue weighted by Crippen LogP contribution is 2.18. The van der Waals surface area contributed by atoms with E-state index in [1.807, 2.05) is 42.5 Å². The van der Waals surface area contributed by atoms with Gasteiger partial charge in [-0.2, -0.15) is 5.10 Å². The van der Waals surface area contributed by atoms with Crippen molar-refractivity contribution < 1.29 is 14.6 Å². The van der Waals surface area contributed by atoms with Crippen molar-refractivity contribution in [2.24, 2.45) is 0 Å². The molecule has 6 heteroatoms. The number of para-hydroxylation sites is 1. The first-order chi connectivity index (χ1) is 10.7. The van der Waals surface area contributed by atoms with E-state index >= 15 is 0 Å². The van der Waals surface area contributed by atoms with Gasteiger partial charge in [0.15, 0.2) is 0 Å². The van der Waals surface area contributed by atoms with Gasteiger partial charge in [0.2, 0.25) is 5.88 Å². The molecule has 0 saturated heterocycles. The van der Waals surface area contributed by atoms with Crippen LogP contribution in [-0.4, -0.2) is 25.8 Å². The van der Waals surface area contributed by atoms with E-state index in [4.69, 9.17) is 9.84 Å². The average Bonchev–Trinajstić information content (AvgIpc) is 2.97. The zero-order valence-electron chi connectivity index (χ0n) is 11.6. The Labute approximate surface area is 126 Å². The summed E-state index contributed by atoms with van der Waals surface area (Å²) in [5.41, 5.74) is 0.880. The Balaban J connectivity index is 1.74. The molecule has 0 atom stereocenters. The maximum atomic E-state index is 10.8. The van der Waals surface area contributed by atoms with Crippen molar-refractivity contribution >= 4 is 5.97 Å². The molecule has 3 rings (SSSR count). The maximum Gasteiger partial charge on any atom is 0.338 e. The predicted molar refractivity (Wildman–Crippen MR) is 79.0 cm³/mol. The van der Waals surface area contributed by atoms with Crippen LogP contribution in [0.4, 0.5) is 0 Å². The molecule has 2 heterocycles. The number of carboxylic acid groups (broad SMARTS) is 1. The molecule has 0 aliphatic rings. The SMILES string of the molecule is O=C(O)c1cnn(Cc2cccc(Oc3ccccc3)n2)c1. The van der Waals surface area contributed by atoms with Crippen molar-refractivity contribution in [3.05, 3.63) is 72.2 Å². The van der Waals surface area contributed by atoms with Gasteiger partial charge in [0.25, 0.3) is 0 Å². The minimum atomic E-state index is -1.000. The fourth-order valence-electron chi connectivity index (χ4n) is 1.94. The molecular formula is C16H13N3O3. The van der Waals surface area contributed by atoms with Crippen LogP contribution in [0.3, 0.4) is 0 Å². The van der Waals surface area contributed by atoms with E-state index in [0.717, 1.165) is 5.69 Å². The lowest BCUT2D eigenvalue weighted by atomic mass is 10.3. The number of carbonyl (C=O) groups is 1. The molecule has 110 valence electrons. The first kappa shape index (κ1) is 13.8. The van der Waals surface area contributed by atoms with Crippen molar-refractivity contribution in [1.82, 2.24) is 14.8 Å². The van der Waals surface area contributed by atoms with Gasteiger partial charge in [-0.1, -0.05) is 24.3 Å². The minimum absolute atomic E-state index is 0.150. The topological polar surface area (TPSA) is 77.2 Å². The van der Waals surface area contributed by atoms with Crippen molar-refractivity contribution in [1.29, 1.82) is 0 Å². The Hall–Kier alpha value is -3.15. The van der Waals surface area contributed by atoms with Gasteiger partial charge in [-0.15, -0.1) is 0 Å². The molecule has 6 nitrogen and oxygen atoms in total. The molecule has 0 saturated carbocycles. The van der Waals surface area contributed by atoms with Gasteiger partial charge in [0.05, 0.1) is 24.0 Å². The third kappa shape index (κ3) is 3.29. The van der Waals surface area contributed by atoms with Gasteiger partial charge in [-0.3, -0.25) is 4.68 Å². The van der Waals surface area contributed by atoms with Gasteiger partial charge in [0.1, 0.15) is 5.75 Å². The van der Waals surface area contributed by atoms with Gasteiger partial charge >= 0.3 is 5.97 Å². The lowest BCUT2D eigenvalue weighted by Crippen LogP contribution is -2.03. The quantitative estimate of drug-likeness (QED) is 0.783. The third-order valence-corrected chi connectivity index (χ3v) is 2.95. The number of aromatic nitrogens is 3. The van der Waals surface area contributed by atoms with E-state index in [1.54, 1.807) is 6.07 Å². The highest BCUT2D eigenvalue weighted by atomic mass is 16.5. The molecule has 0 fully saturated rings. The number of pyridine rings is 1. The molecule has 1 N–H and O–H groups in total. The Kier molecular flexibility index (Phi) is 3.82. The van der Waals surface area contributed by atoms with Crippen molar-refractivity contribution in [2.75, 3.05) is 0 Å². The van der Waals surface area contributed by atoms with Crippen LogP contribution < -0.4 is 4.74 Å². The lowest BCUT2D eigenvalue weighted by Gasteiger charge is -2.06. The van der Waals surface area contributed by atoms with Crippen molar-refractivity contribution in [2.45, 2.75) is 6.54 Å². The zero-order valence-corrected chi connectivity index (χ0v) is 11.6. The second-order valence-corrected chi connectivity index (χ2v) is 4.61. The zero-order chi connectivity index (χ0) is 15.4. The summed E-state index contributed by atoms with van der Waals surface area (Å²) >= 11 is 0. The second kappa shape index (κ2) is 6.09. The van der Waals surface area contributed by atoms with Crippen LogP contribution in [0.2, 0.25) is 0 Å². The minimum Gasteiger partial charge on any atom is -0.478 e. The Morgan fingerprint density at radius 2 is 1.95 bits per heavy atom. The number of benzene rings is 1. The van der Waals surface area contributed by atoms with E-state index in [-0.39, 0.29) is 5.56 Å². The fourth-order valence-corrected chi connectivity index (χ4v) is 1.94. The van der Waals surface area contributed by atoms with Gasteiger partial charge in [-0.25, -0.2) is 9.78 Å². The van der Waals surface area contributed by atoms with Crippen molar-refractivity contribution in [3.63, 3.8) is 0 Å². The average molecular weight is 295 g/mol. The monoisotopic (exact) mass is 295 g/mol. The molecule has 2 aromatic heterocycles. The van der Waals surface area contributed by atoms with Crippen LogP contribution in [0.1, 0.15) is 16.1 Å².